The third kappa shape index (κ3) is 3.78. The molecule has 1 N–H and O–H groups in total. The Labute approximate surface area is 120 Å². The summed E-state index contributed by atoms with van der Waals surface area (Å²) in [4.78, 5) is 21.4. The molecular formula is C13H14N4O4. The lowest BCUT2D eigenvalue weighted by Gasteiger charge is -1.97. The average Bonchev–Trinajstić information content (AvgIpc) is 3.02. The quantitative estimate of drug-likeness (QED) is 0.511. The second-order valence-electron chi connectivity index (χ2n) is 4.38. The number of carbonyl (C=O) groups is 1. The van der Waals surface area contributed by atoms with E-state index >= 15 is 0 Å². The van der Waals surface area contributed by atoms with Crippen molar-refractivity contribution in [1.82, 2.24) is 15.1 Å². The highest BCUT2D eigenvalue weighted by molar-refractivity contribution is 5.91. The van der Waals surface area contributed by atoms with Crippen molar-refractivity contribution in [2.45, 2.75) is 13.5 Å². The third-order valence-corrected chi connectivity index (χ3v) is 2.80. The van der Waals surface area contributed by atoms with Crippen LogP contribution in [0.3, 0.4) is 0 Å². The van der Waals surface area contributed by atoms with Crippen LogP contribution in [0.15, 0.2) is 28.7 Å². The number of carbonyl (C=O) groups excluding carboxylic acids is 1. The van der Waals surface area contributed by atoms with Crippen molar-refractivity contribution in [2.24, 2.45) is 7.05 Å². The minimum absolute atomic E-state index is 0.241. The topological polar surface area (TPSA) is 103 Å². The van der Waals surface area contributed by atoms with E-state index in [1.165, 1.54) is 24.3 Å². The highest BCUT2D eigenvalue weighted by Gasteiger charge is 2.10. The Kier molecular flexibility index (Phi) is 4.17. The Bertz CT molecular complexity index is 679. The Morgan fingerprint density at radius 1 is 1.57 bits per heavy atom. The molecule has 2 rings (SSSR count). The fourth-order valence-corrected chi connectivity index (χ4v) is 1.65. The number of nitrogens with one attached hydrogen (secondary N) is 1. The molecule has 0 saturated heterocycles. The lowest BCUT2D eigenvalue weighted by molar-refractivity contribution is -0.402. The van der Waals surface area contributed by atoms with Crippen LogP contribution >= 0.6 is 0 Å². The normalized spacial score (nSPS) is 11.0. The van der Waals surface area contributed by atoms with Crippen LogP contribution in [0.1, 0.15) is 17.1 Å². The predicted octanol–water partition coefficient (Wildman–Crippen LogP) is 1.56. The van der Waals surface area contributed by atoms with Gasteiger partial charge >= 0.3 is 5.88 Å². The molecule has 2 heterocycles. The smallest absolute Gasteiger partial charge is 0.401 e. The first-order chi connectivity index (χ1) is 9.95. The van der Waals surface area contributed by atoms with Crippen LogP contribution in [0.25, 0.3) is 6.08 Å². The van der Waals surface area contributed by atoms with E-state index in [2.05, 4.69) is 10.4 Å². The van der Waals surface area contributed by atoms with E-state index in [9.17, 15) is 14.9 Å². The molecule has 0 aliphatic rings. The predicted molar refractivity (Wildman–Crippen MR) is 74.2 cm³/mol. The lowest BCUT2D eigenvalue weighted by atomic mass is 10.3. The van der Waals surface area contributed by atoms with Gasteiger partial charge in [0.2, 0.25) is 5.91 Å². The van der Waals surface area contributed by atoms with Crippen molar-refractivity contribution < 1.29 is 14.1 Å². The second-order valence-corrected chi connectivity index (χ2v) is 4.38. The Balaban J connectivity index is 1.88. The molecule has 2 aromatic rings. The van der Waals surface area contributed by atoms with Crippen LogP contribution in [0.5, 0.6) is 0 Å². The van der Waals surface area contributed by atoms with Gasteiger partial charge in [-0.2, -0.15) is 5.10 Å². The number of nitro groups is 1. The molecule has 0 aliphatic carbocycles. The largest absolute Gasteiger partial charge is 0.433 e. The minimum Gasteiger partial charge on any atom is -0.401 e. The number of aromatic nitrogens is 2. The lowest BCUT2D eigenvalue weighted by Crippen LogP contribution is -2.20. The Morgan fingerprint density at radius 2 is 2.33 bits per heavy atom. The highest BCUT2D eigenvalue weighted by atomic mass is 16.6. The molecule has 0 bridgehead atoms. The van der Waals surface area contributed by atoms with Gasteiger partial charge in [-0.05, 0) is 25.1 Å². The average molecular weight is 290 g/mol. The summed E-state index contributed by atoms with van der Waals surface area (Å²) in [5.74, 6) is -0.457. The molecule has 110 valence electrons. The first kappa shape index (κ1) is 14.5. The van der Waals surface area contributed by atoms with E-state index in [0.29, 0.717) is 6.54 Å². The van der Waals surface area contributed by atoms with Gasteiger partial charge in [-0.25, -0.2) is 0 Å². The van der Waals surface area contributed by atoms with Crippen LogP contribution in [-0.2, 0) is 18.4 Å². The zero-order valence-corrected chi connectivity index (χ0v) is 11.6. The van der Waals surface area contributed by atoms with Crippen molar-refractivity contribution in [3.63, 3.8) is 0 Å². The van der Waals surface area contributed by atoms with Gasteiger partial charge in [-0.15, -0.1) is 0 Å². The maximum Gasteiger partial charge on any atom is 0.433 e. The van der Waals surface area contributed by atoms with Crippen LogP contribution < -0.4 is 5.32 Å². The summed E-state index contributed by atoms with van der Waals surface area (Å²) in [6.07, 6.45) is 2.62. The number of aryl methyl sites for hydroxylation is 2. The third-order valence-electron chi connectivity index (χ3n) is 2.80. The Hall–Kier alpha value is -2.90. The fraction of sp³-hybridized carbons (Fsp3) is 0.231. The van der Waals surface area contributed by atoms with Crippen LogP contribution in [0, 0.1) is 17.0 Å². The summed E-state index contributed by atoms with van der Waals surface area (Å²) < 4.78 is 6.62. The molecule has 1 amide bonds. The summed E-state index contributed by atoms with van der Waals surface area (Å²) in [5, 5.41) is 17.3. The Morgan fingerprint density at radius 3 is 2.90 bits per heavy atom. The molecule has 0 atom stereocenters. The molecule has 0 saturated carbocycles. The molecule has 0 fully saturated rings. The standard InChI is InChI=1S/C13H14N4O4/c1-9-7-10(15-16(9)2)8-14-12(18)5-3-11-4-6-13(21-11)17(19)20/h3-7H,8H2,1-2H3,(H,14,18)/b5-3+. The number of furan rings is 1. The molecule has 8 heteroatoms. The zero-order chi connectivity index (χ0) is 15.4. The zero-order valence-electron chi connectivity index (χ0n) is 11.6. The molecule has 0 spiro atoms. The molecule has 0 radical (unpaired) electrons. The van der Waals surface area contributed by atoms with Gasteiger partial charge < -0.3 is 9.73 Å². The summed E-state index contributed by atoms with van der Waals surface area (Å²) in [6, 6.07) is 4.53. The number of hydrogen-bond acceptors (Lipinski definition) is 5. The molecule has 2 aromatic heterocycles. The van der Waals surface area contributed by atoms with Crippen LogP contribution in [0.4, 0.5) is 5.88 Å². The van der Waals surface area contributed by atoms with Crippen molar-refractivity contribution >= 4 is 17.9 Å². The van der Waals surface area contributed by atoms with Crippen LogP contribution in [-0.4, -0.2) is 20.6 Å². The molecule has 0 aromatic carbocycles. The van der Waals surface area contributed by atoms with Gasteiger partial charge in [0.25, 0.3) is 0 Å². The van der Waals surface area contributed by atoms with E-state index in [0.717, 1.165) is 11.4 Å². The van der Waals surface area contributed by atoms with Crippen molar-refractivity contribution in [2.75, 3.05) is 0 Å². The van der Waals surface area contributed by atoms with Gasteiger partial charge in [-0.1, -0.05) is 0 Å². The van der Waals surface area contributed by atoms with E-state index in [1.54, 1.807) is 4.68 Å². The SMILES string of the molecule is Cc1cc(CNC(=O)/C=C/c2ccc([N+](=O)[O-])o2)nn1C. The maximum atomic E-state index is 11.6. The summed E-state index contributed by atoms with van der Waals surface area (Å²) in [6.45, 7) is 2.23. The van der Waals surface area contributed by atoms with Gasteiger partial charge in [-0.3, -0.25) is 19.6 Å². The first-order valence-corrected chi connectivity index (χ1v) is 6.15. The number of nitrogens with zero attached hydrogens (tertiary/aromatic N) is 3. The molecule has 0 aliphatic heterocycles. The van der Waals surface area contributed by atoms with E-state index in [1.807, 2.05) is 20.0 Å². The van der Waals surface area contributed by atoms with Gasteiger partial charge in [0, 0.05) is 18.8 Å². The van der Waals surface area contributed by atoms with Crippen molar-refractivity contribution in [3.8, 4) is 0 Å². The van der Waals surface area contributed by atoms with E-state index < -0.39 is 4.92 Å². The van der Waals surface area contributed by atoms with Gasteiger partial charge in [0.15, 0.2) is 0 Å². The van der Waals surface area contributed by atoms with Crippen molar-refractivity contribution in [1.29, 1.82) is 0 Å². The first-order valence-electron chi connectivity index (χ1n) is 6.15. The van der Waals surface area contributed by atoms with Crippen molar-refractivity contribution in [3.05, 3.63) is 51.5 Å². The fourth-order valence-electron chi connectivity index (χ4n) is 1.65. The molecule has 8 nitrogen and oxygen atoms in total. The van der Waals surface area contributed by atoms with Gasteiger partial charge in [0.05, 0.1) is 18.3 Å². The summed E-state index contributed by atoms with van der Waals surface area (Å²) in [5.41, 5.74) is 1.75. The van der Waals surface area contributed by atoms with Crippen LogP contribution in [0.2, 0.25) is 0 Å². The maximum absolute atomic E-state index is 11.6. The van der Waals surface area contributed by atoms with E-state index in [4.69, 9.17) is 4.42 Å². The summed E-state index contributed by atoms with van der Waals surface area (Å²) in [7, 11) is 1.82. The minimum atomic E-state index is -0.638. The highest BCUT2D eigenvalue weighted by Crippen LogP contribution is 2.16. The molecule has 0 unspecified atom stereocenters. The number of hydrogen-bond donors (Lipinski definition) is 1. The number of rotatable bonds is 5. The molecule has 21 heavy (non-hydrogen) atoms. The molecular weight excluding hydrogens is 276 g/mol. The van der Waals surface area contributed by atoms with Gasteiger partial charge in [0.1, 0.15) is 10.7 Å². The summed E-state index contributed by atoms with van der Waals surface area (Å²) >= 11 is 0. The monoisotopic (exact) mass is 290 g/mol. The number of amides is 1. The second kappa shape index (κ2) is 6.04. The van der Waals surface area contributed by atoms with E-state index in [-0.39, 0.29) is 17.6 Å².